The highest BCUT2D eigenvalue weighted by atomic mass is 16.4. The molecule has 0 saturated heterocycles. The number of carbonyl (C=O) groups excluding carboxylic acids is 19. The van der Waals surface area contributed by atoms with Crippen LogP contribution in [0.4, 0.5) is 0 Å². The third-order valence-electron chi connectivity index (χ3n) is 23.8. The molecule has 42 nitrogen and oxygen atoms in total. The number of carboxylic acids is 1. The zero-order valence-corrected chi connectivity index (χ0v) is 82.1. The van der Waals surface area contributed by atoms with E-state index in [2.05, 4.69) is 90.3 Å². The molecule has 0 fully saturated rings. The fourth-order valence-electron chi connectivity index (χ4n) is 15.3. The molecule has 17 atom stereocenters. The minimum absolute atomic E-state index is 0.0767. The molecule has 2 heterocycles. The molecule has 0 saturated carbocycles. The number of fused-ring (bicyclic) bond motifs is 1. The molecule has 0 spiro atoms. The van der Waals surface area contributed by atoms with E-state index < -0.39 is 257 Å². The number of primary amides is 2. The van der Waals surface area contributed by atoms with Crippen molar-refractivity contribution in [3.05, 3.63) is 114 Å². The maximum Gasteiger partial charge on any atom is 0.303 e. The van der Waals surface area contributed by atoms with Crippen molar-refractivity contribution < 1.29 is 111 Å². The van der Waals surface area contributed by atoms with E-state index in [1.807, 2.05) is 12.2 Å². The minimum atomic E-state index is -2.08. The van der Waals surface area contributed by atoms with E-state index in [9.17, 15) is 82.4 Å². The zero-order valence-electron chi connectivity index (χ0n) is 82.1. The van der Waals surface area contributed by atoms with Crippen LogP contribution in [0.5, 0.6) is 5.75 Å². The van der Waals surface area contributed by atoms with Crippen molar-refractivity contribution >= 4 is 129 Å². The van der Waals surface area contributed by atoms with E-state index in [1.54, 1.807) is 88.5 Å². The van der Waals surface area contributed by atoms with Crippen LogP contribution in [0.15, 0.2) is 97.2 Å². The first-order chi connectivity index (χ1) is 65.1. The Morgan fingerprint density at radius 3 is 1.72 bits per heavy atom. The molecule has 5 rings (SSSR count). The average molecular weight is 1940 g/mol. The van der Waals surface area contributed by atoms with Gasteiger partial charge in [-0.3, -0.25) is 95.9 Å². The van der Waals surface area contributed by atoms with Crippen LogP contribution in [0, 0.1) is 17.8 Å². The van der Waals surface area contributed by atoms with Crippen LogP contribution in [0.25, 0.3) is 10.9 Å². The SMILES string of the molecule is CC(=O)N[C@@H](CC(C)C)C(=O)N[C@H](C(=O)N[C@@H](Cc1ccccc1)C(=O)N[C@@]1(C)CCCCCC/C=C/CCC[C@@](C)(C(=O)NC(C)C(=O)N[C@@H](C)C(=O)C(=O)[C@H](C)NNC(C)(C)C(=O)NC(C)C(=O)N[C@H](C)C(N)=O)NC(=O)[C@H](CC(C)C)CN[C@@H](CCC(N)=O)C(=O)C(=O)C(C)NC(=O)[C@H](Cc2c[nH]c3ccccc23)NC(=O)C(Cc2ccc(O)cc2)NC(=O)[C@H](CCC(=O)O)NC1=O)[C@@H](C)O. The number of aliphatic carboxylic acids is 1. The summed E-state index contributed by atoms with van der Waals surface area (Å²) in [5.41, 5.74) is 12.5. The number of aliphatic hydroxyl groups is 1. The van der Waals surface area contributed by atoms with Gasteiger partial charge in [-0.15, -0.1) is 0 Å². The van der Waals surface area contributed by atoms with Gasteiger partial charge >= 0.3 is 5.97 Å². The van der Waals surface area contributed by atoms with Gasteiger partial charge in [-0.25, -0.2) is 10.9 Å². The van der Waals surface area contributed by atoms with Crippen LogP contribution in [-0.4, -0.2) is 246 Å². The number of aromatic hydroxyl groups is 1. The number of allylic oxidation sites excluding steroid dienone is 2. The second-order valence-electron chi connectivity index (χ2n) is 37.7. The Bertz CT molecular complexity index is 5020. The number of para-hydroxylation sites is 1. The molecule has 4 unspecified atom stereocenters. The molecule has 1 aliphatic heterocycles. The lowest BCUT2D eigenvalue weighted by Crippen LogP contribution is -2.65. The Morgan fingerprint density at radius 1 is 0.540 bits per heavy atom. The van der Waals surface area contributed by atoms with Gasteiger partial charge in [-0.2, -0.15) is 0 Å². The molecule has 0 bridgehead atoms. The van der Waals surface area contributed by atoms with E-state index in [-0.39, 0.29) is 75.5 Å². The number of rotatable bonds is 39. The largest absolute Gasteiger partial charge is 0.508 e. The van der Waals surface area contributed by atoms with Gasteiger partial charge in [-0.1, -0.05) is 120 Å². The lowest BCUT2D eigenvalue weighted by molar-refractivity contribution is -0.141. The first kappa shape index (κ1) is 116. The molecule has 42 heteroatoms. The first-order valence-corrected chi connectivity index (χ1v) is 47.0. The van der Waals surface area contributed by atoms with Gasteiger partial charge in [0.05, 0.1) is 36.2 Å². The fraction of sp³-hybridized carbons (Fsp3) is 0.567. The quantitative estimate of drug-likeness (QED) is 0.0163. The Morgan fingerprint density at radius 2 is 1.12 bits per heavy atom. The Hall–Kier alpha value is -13.2. The standard InChI is InChI=1S/C97H143N19O23/c1-52(2)45-65-51-101-69(39-41-75(98)120)81(126)79(124)55(6)103-87(132)74(49-64-50-100-68-34-28-27-33-67(64)68)109-88(133)72(48-63-35-37-66(119)38-36-63)108-86(131)70(40-42-76(121)122)111-94(139)97(16,114-90(135)73(47-62-31-25-24-26-32-62)110-91(136)77(60(11)117)112-89(134)71(46-53(3)4)107-61(12)118)44-30-23-21-19-17-18-20-22-29-43-96(15,113-85(65)130)93(138)106-59(10)83(128)102-54(5)78(123)80(125)56(7)115-116-95(13,14)92(137)105-58(9)84(129)104-57(8)82(99)127/h18,20,24-28,31-38,50,52-60,65,69-74,77,100-101,115-117,119H,17,19,21-23,29-30,39-49,51H2,1-16H3,(H2,98,120)(H2,99,127)(H,102,128)(H,103,132)(H,104,129)(H,105,137)(H,106,138)(H,107,118)(H,108,131)(H,109,133)(H,110,136)(H,111,139)(H,112,134)(H,113,130)(H,114,135)(H,121,122)/b20-18+/t54-,55?,56-,57+,58?,59?,60+,65+,69-,70-,71-,72?,73-,74-,77-,96-,97-/m0/s1. The topological polar surface area (TPSA) is 662 Å². The lowest BCUT2D eigenvalue weighted by atomic mass is 9.89. The summed E-state index contributed by atoms with van der Waals surface area (Å²) in [6.07, 6.45) is 2.79. The molecular weight excluding hydrogens is 1800 g/mol. The maximum atomic E-state index is 15.6. The smallest absolute Gasteiger partial charge is 0.303 e. The number of Topliss-reactive ketones (excluding diaryl/α,β-unsaturated/α-hetero) is 4. The van der Waals surface area contributed by atoms with Crippen LogP contribution in [0.3, 0.4) is 0 Å². The van der Waals surface area contributed by atoms with Crippen LogP contribution >= 0.6 is 0 Å². The third-order valence-corrected chi connectivity index (χ3v) is 23.8. The molecule has 4 aromatic rings. The summed E-state index contributed by atoms with van der Waals surface area (Å²) in [5, 5.41) is 69.1. The molecule has 15 amide bonds. The summed E-state index contributed by atoms with van der Waals surface area (Å²) in [6.45, 7) is 22.5. The number of nitrogens with two attached hydrogens (primary N) is 2. The summed E-state index contributed by atoms with van der Waals surface area (Å²) in [5.74, 6) is -21.2. The molecule has 0 aliphatic carbocycles. The molecule has 0 radical (unpaired) electrons. The number of H-pyrrole nitrogens is 1. The summed E-state index contributed by atoms with van der Waals surface area (Å²) in [6, 6.07) is 1.11. The number of hydrogen-bond donors (Lipinski definition) is 22. The molecule has 139 heavy (non-hydrogen) atoms. The van der Waals surface area contributed by atoms with Gasteiger partial charge in [0, 0.05) is 62.7 Å². The predicted octanol–water partition coefficient (Wildman–Crippen LogP) is 0.385. The summed E-state index contributed by atoms with van der Waals surface area (Å²) >= 11 is 0. The van der Waals surface area contributed by atoms with Crippen molar-refractivity contribution in [3.8, 4) is 5.75 Å². The summed E-state index contributed by atoms with van der Waals surface area (Å²) < 4.78 is 0. The monoisotopic (exact) mass is 1940 g/mol. The fourth-order valence-corrected chi connectivity index (χ4v) is 15.3. The summed E-state index contributed by atoms with van der Waals surface area (Å²) in [7, 11) is 0. The highest BCUT2D eigenvalue weighted by Crippen LogP contribution is 2.25. The van der Waals surface area contributed by atoms with Crippen LogP contribution in [-0.2, 0) is 115 Å². The molecule has 24 N–H and O–H groups in total. The van der Waals surface area contributed by atoms with Gasteiger partial charge in [0.1, 0.15) is 76.7 Å². The number of ketones is 4. The van der Waals surface area contributed by atoms with E-state index in [0.29, 0.717) is 59.7 Å². The van der Waals surface area contributed by atoms with Crippen molar-refractivity contribution in [1.82, 2.24) is 90.3 Å². The van der Waals surface area contributed by atoms with Gasteiger partial charge in [0.15, 0.2) is 0 Å². The number of phenolic OH excluding ortho intramolecular Hbond substituents is 1. The summed E-state index contributed by atoms with van der Waals surface area (Å²) in [4.78, 5) is 284. The second-order valence-corrected chi connectivity index (χ2v) is 37.7. The zero-order chi connectivity index (χ0) is 104. The van der Waals surface area contributed by atoms with E-state index >= 15 is 28.8 Å². The highest BCUT2D eigenvalue weighted by molar-refractivity contribution is 6.41. The van der Waals surface area contributed by atoms with Crippen molar-refractivity contribution in [2.75, 3.05) is 6.54 Å². The van der Waals surface area contributed by atoms with Crippen molar-refractivity contribution in [2.24, 2.45) is 29.2 Å². The Labute approximate surface area is 809 Å². The molecule has 3 aromatic carbocycles. The van der Waals surface area contributed by atoms with Crippen molar-refractivity contribution in [3.63, 3.8) is 0 Å². The number of nitrogens with one attached hydrogen (secondary N) is 17. The number of aliphatic hydroxyl groups excluding tert-OH is 1. The first-order valence-electron chi connectivity index (χ1n) is 47.0. The number of benzene rings is 3. The van der Waals surface area contributed by atoms with E-state index in [0.717, 1.165) is 0 Å². The Balaban J connectivity index is 1.59. The highest BCUT2D eigenvalue weighted by Gasteiger charge is 2.44. The van der Waals surface area contributed by atoms with E-state index in [1.165, 1.54) is 107 Å². The number of hydrogen-bond acceptors (Lipinski definition) is 25. The third kappa shape index (κ3) is 38.2. The number of hydrazine groups is 1. The number of aromatic amines is 1. The lowest BCUT2D eigenvalue weighted by Gasteiger charge is -2.34. The molecule has 764 valence electrons. The number of phenols is 1. The van der Waals surface area contributed by atoms with Gasteiger partial charge < -0.3 is 106 Å². The molecule has 1 aliphatic rings. The van der Waals surface area contributed by atoms with E-state index in [4.69, 9.17) is 11.5 Å². The van der Waals surface area contributed by atoms with Crippen LogP contribution in [0.2, 0.25) is 0 Å². The predicted molar refractivity (Wildman–Crippen MR) is 513 cm³/mol. The van der Waals surface area contributed by atoms with Gasteiger partial charge in [-0.05, 0) is 187 Å². The second kappa shape index (κ2) is 55.4. The number of amides is 15. The average Bonchev–Trinajstić information content (AvgIpc) is 1.72. The molecular formula is C97H143N19O23. The molecule has 1 aromatic heterocycles. The maximum absolute atomic E-state index is 15.6. The number of carboxylic acid groups (broad SMARTS) is 1. The van der Waals surface area contributed by atoms with Gasteiger partial charge in [0.25, 0.3) is 0 Å². The van der Waals surface area contributed by atoms with Crippen LogP contribution in [0.1, 0.15) is 224 Å². The normalized spacial score (nSPS) is 21.8. The van der Waals surface area contributed by atoms with Crippen molar-refractivity contribution in [2.45, 2.75) is 328 Å². The number of aromatic nitrogens is 1. The van der Waals surface area contributed by atoms with Crippen molar-refractivity contribution in [1.29, 1.82) is 0 Å². The van der Waals surface area contributed by atoms with Gasteiger partial charge in [0.2, 0.25) is 112 Å². The number of carbonyl (C=O) groups is 20. The Kier molecular flexibility index (Phi) is 46.3. The minimum Gasteiger partial charge on any atom is -0.508 e. The van der Waals surface area contributed by atoms with Crippen LogP contribution < -0.4 is 96.8 Å².